The van der Waals surface area contributed by atoms with Gasteiger partial charge in [-0.3, -0.25) is 0 Å². The molecule has 2 heterocycles. The molecule has 2 aliphatic heterocycles. The zero-order chi connectivity index (χ0) is 14.3. The number of carbonyl (C=O) groups is 1. The van der Waals surface area contributed by atoms with Crippen molar-refractivity contribution in [1.82, 2.24) is 4.90 Å². The molecular weight excluding hydrogens is 252 g/mol. The van der Waals surface area contributed by atoms with Gasteiger partial charge in [0.25, 0.3) is 0 Å². The van der Waals surface area contributed by atoms with E-state index in [1.807, 2.05) is 0 Å². The third-order valence-corrected chi connectivity index (χ3v) is 4.68. The molecule has 0 radical (unpaired) electrons. The number of fused-ring (bicyclic) bond motifs is 1. The summed E-state index contributed by atoms with van der Waals surface area (Å²) in [7, 11) is 0. The molecule has 20 heavy (non-hydrogen) atoms. The third-order valence-electron chi connectivity index (χ3n) is 4.68. The molecule has 3 rings (SSSR count). The number of benzene rings is 1. The lowest BCUT2D eigenvalue weighted by Crippen LogP contribution is -2.47. The van der Waals surface area contributed by atoms with Gasteiger partial charge in [0.2, 0.25) is 0 Å². The van der Waals surface area contributed by atoms with E-state index in [2.05, 4.69) is 43.0 Å². The summed E-state index contributed by atoms with van der Waals surface area (Å²) in [5, 5.41) is 9.04. The van der Waals surface area contributed by atoms with E-state index in [1.54, 1.807) is 0 Å². The molecule has 2 aliphatic rings. The number of carboxylic acid groups (broad SMARTS) is 1. The second-order valence-corrected chi connectivity index (χ2v) is 6.53. The largest absolute Gasteiger partial charge is 0.465 e. The van der Waals surface area contributed by atoms with Crippen LogP contribution in [0.4, 0.5) is 10.5 Å². The highest BCUT2D eigenvalue weighted by atomic mass is 16.4. The molecule has 4 heteroatoms. The second kappa shape index (κ2) is 4.69. The van der Waals surface area contributed by atoms with E-state index in [1.165, 1.54) is 16.2 Å². The molecule has 1 saturated heterocycles. The molecule has 1 fully saturated rings. The number of likely N-dealkylation sites (tertiary alicyclic amines) is 1. The van der Waals surface area contributed by atoms with Crippen molar-refractivity contribution in [2.24, 2.45) is 0 Å². The van der Waals surface area contributed by atoms with E-state index in [4.69, 9.17) is 5.11 Å². The average Bonchev–Trinajstić information content (AvgIpc) is 2.72. The van der Waals surface area contributed by atoms with Gasteiger partial charge in [-0.1, -0.05) is 32.0 Å². The minimum atomic E-state index is -0.786. The molecule has 0 aliphatic carbocycles. The Balaban J connectivity index is 1.79. The molecule has 108 valence electrons. The fraction of sp³-hybridized carbons (Fsp3) is 0.562. The van der Waals surface area contributed by atoms with Gasteiger partial charge in [-0.05, 0) is 24.5 Å². The minimum absolute atomic E-state index is 0.181. The van der Waals surface area contributed by atoms with Crippen LogP contribution in [-0.2, 0) is 5.41 Å². The van der Waals surface area contributed by atoms with Crippen LogP contribution in [0.5, 0.6) is 0 Å². The van der Waals surface area contributed by atoms with E-state index in [0.717, 1.165) is 19.4 Å². The van der Waals surface area contributed by atoms with Crippen molar-refractivity contribution in [2.75, 3.05) is 24.5 Å². The molecule has 1 aromatic carbocycles. The predicted molar refractivity (Wildman–Crippen MR) is 79.4 cm³/mol. The van der Waals surface area contributed by atoms with Crippen molar-refractivity contribution in [3.05, 3.63) is 29.8 Å². The Hall–Kier alpha value is -1.71. The smallest absolute Gasteiger partial charge is 0.407 e. The summed E-state index contributed by atoms with van der Waals surface area (Å²) in [4.78, 5) is 15.0. The Morgan fingerprint density at radius 2 is 1.90 bits per heavy atom. The van der Waals surface area contributed by atoms with Crippen molar-refractivity contribution in [1.29, 1.82) is 0 Å². The van der Waals surface area contributed by atoms with Crippen LogP contribution in [0.3, 0.4) is 0 Å². The summed E-state index contributed by atoms with van der Waals surface area (Å²) in [5.74, 6) is 0. The van der Waals surface area contributed by atoms with Gasteiger partial charge in [0.05, 0.1) is 0 Å². The van der Waals surface area contributed by atoms with Crippen LogP contribution in [0.1, 0.15) is 32.3 Å². The van der Waals surface area contributed by atoms with Gasteiger partial charge in [-0.2, -0.15) is 0 Å². The number of piperidine rings is 1. The third kappa shape index (κ3) is 2.13. The fourth-order valence-electron chi connectivity index (χ4n) is 3.59. The number of hydrogen-bond donors (Lipinski definition) is 1. The summed E-state index contributed by atoms with van der Waals surface area (Å²) < 4.78 is 0. The van der Waals surface area contributed by atoms with Crippen LogP contribution >= 0.6 is 0 Å². The van der Waals surface area contributed by atoms with Crippen molar-refractivity contribution < 1.29 is 9.90 Å². The lowest BCUT2D eigenvalue weighted by Gasteiger charge is -2.37. The van der Waals surface area contributed by atoms with Crippen molar-refractivity contribution in [3.63, 3.8) is 0 Å². The summed E-state index contributed by atoms with van der Waals surface area (Å²) in [6, 6.07) is 9.10. The molecule has 1 aromatic rings. The standard InChI is InChI=1S/C16H22N2O2/c1-16(2)11-18(14-6-4-3-5-13(14)16)12-7-9-17(10-8-12)15(19)20/h3-6,12H,7-11H2,1-2H3,(H,19,20). The normalized spacial score (nSPS) is 21.9. The predicted octanol–water partition coefficient (Wildman–Crippen LogP) is 2.93. The van der Waals surface area contributed by atoms with Crippen LogP contribution in [0, 0.1) is 0 Å². The maximum Gasteiger partial charge on any atom is 0.407 e. The Kier molecular flexibility index (Phi) is 3.11. The highest BCUT2D eigenvalue weighted by molar-refractivity contribution is 5.65. The van der Waals surface area contributed by atoms with Crippen LogP contribution in [0.25, 0.3) is 0 Å². The Morgan fingerprint density at radius 3 is 2.55 bits per heavy atom. The number of amides is 1. The van der Waals surface area contributed by atoms with Crippen LogP contribution in [0.2, 0.25) is 0 Å². The Labute approximate surface area is 120 Å². The molecule has 1 amide bonds. The van der Waals surface area contributed by atoms with Gasteiger partial charge in [0, 0.05) is 36.8 Å². The first-order valence-electron chi connectivity index (χ1n) is 7.33. The first-order chi connectivity index (χ1) is 9.49. The first-order valence-corrected chi connectivity index (χ1v) is 7.33. The molecule has 0 aromatic heterocycles. The summed E-state index contributed by atoms with van der Waals surface area (Å²) in [5.41, 5.74) is 2.94. The average molecular weight is 274 g/mol. The van der Waals surface area contributed by atoms with Gasteiger partial charge < -0.3 is 14.9 Å². The fourth-order valence-corrected chi connectivity index (χ4v) is 3.59. The van der Waals surface area contributed by atoms with Crippen LogP contribution in [0.15, 0.2) is 24.3 Å². The molecule has 0 saturated carbocycles. The zero-order valence-electron chi connectivity index (χ0n) is 12.2. The molecule has 0 unspecified atom stereocenters. The van der Waals surface area contributed by atoms with Crippen LogP contribution in [-0.4, -0.2) is 41.8 Å². The SMILES string of the molecule is CC1(C)CN(C2CCN(C(=O)O)CC2)c2ccccc21. The van der Waals surface area contributed by atoms with E-state index < -0.39 is 6.09 Å². The maximum atomic E-state index is 11.0. The lowest BCUT2D eigenvalue weighted by molar-refractivity contribution is 0.131. The maximum absolute atomic E-state index is 11.0. The Morgan fingerprint density at radius 1 is 1.25 bits per heavy atom. The number of rotatable bonds is 1. The quantitative estimate of drug-likeness (QED) is 0.856. The monoisotopic (exact) mass is 274 g/mol. The van der Waals surface area contributed by atoms with E-state index >= 15 is 0 Å². The van der Waals surface area contributed by atoms with Gasteiger partial charge in [-0.15, -0.1) is 0 Å². The Bertz CT molecular complexity index is 519. The minimum Gasteiger partial charge on any atom is -0.465 e. The summed E-state index contributed by atoms with van der Waals surface area (Å²) >= 11 is 0. The summed E-state index contributed by atoms with van der Waals surface area (Å²) in [6.45, 7) is 6.92. The summed E-state index contributed by atoms with van der Waals surface area (Å²) in [6.07, 6.45) is 1.07. The molecule has 4 nitrogen and oxygen atoms in total. The number of para-hydroxylation sites is 1. The van der Waals surface area contributed by atoms with E-state index in [-0.39, 0.29) is 5.41 Å². The zero-order valence-corrected chi connectivity index (χ0v) is 12.2. The molecule has 0 bridgehead atoms. The number of hydrogen-bond acceptors (Lipinski definition) is 2. The van der Waals surface area contributed by atoms with E-state index in [0.29, 0.717) is 19.1 Å². The van der Waals surface area contributed by atoms with E-state index in [9.17, 15) is 4.79 Å². The lowest BCUT2D eigenvalue weighted by atomic mass is 9.87. The number of nitrogens with zero attached hydrogens (tertiary/aromatic N) is 2. The van der Waals surface area contributed by atoms with Crippen molar-refractivity contribution in [2.45, 2.75) is 38.1 Å². The highest BCUT2D eigenvalue weighted by Gasteiger charge is 2.38. The topological polar surface area (TPSA) is 43.8 Å². The molecule has 0 atom stereocenters. The highest BCUT2D eigenvalue weighted by Crippen LogP contribution is 2.42. The number of anilines is 1. The second-order valence-electron chi connectivity index (χ2n) is 6.53. The van der Waals surface area contributed by atoms with Gasteiger partial charge >= 0.3 is 6.09 Å². The van der Waals surface area contributed by atoms with Gasteiger partial charge in [0.1, 0.15) is 0 Å². The molecule has 0 spiro atoms. The molecule has 1 N–H and O–H groups in total. The van der Waals surface area contributed by atoms with Crippen molar-refractivity contribution >= 4 is 11.8 Å². The molecular formula is C16H22N2O2. The van der Waals surface area contributed by atoms with Crippen LogP contribution < -0.4 is 4.90 Å². The van der Waals surface area contributed by atoms with Gasteiger partial charge in [0.15, 0.2) is 0 Å². The first kappa shape index (κ1) is 13.3. The van der Waals surface area contributed by atoms with Gasteiger partial charge in [-0.25, -0.2) is 4.79 Å². The van der Waals surface area contributed by atoms with Crippen molar-refractivity contribution in [3.8, 4) is 0 Å².